The van der Waals surface area contributed by atoms with E-state index in [1.807, 2.05) is 0 Å². The Morgan fingerprint density at radius 3 is 2.04 bits per heavy atom. The highest BCUT2D eigenvalue weighted by Crippen LogP contribution is 2.24. The average Bonchev–Trinajstić information content (AvgIpc) is 3.20. The van der Waals surface area contributed by atoms with Crippen LogP contribution in [-0.4, -0.2) is 8.07 Å². The van der Waals surface area contributed by atoms with Crippen molar-refractivity contribution in [2.45, 2.75) is 19.6 Å². The molecule has 0 amide bonds. The molecule has 0 N–H and O–H groups in total. The van der Waals surface area contributed by atoms with Gasteiger partial charge in [-0.15, -0.1) is 28.2 Å². The molecule has 0 saturated heterocycles. The summed E-state index contributed by atoms with van der Waals surface area (Å²) in [5.74, 6) is 3.28. The second-order valence-corrected chi connectivity index (χ2v) is 14.3. The molecule has 25 heavy (non-hydrogen) atoms. The minimum atomic E-state index is -1.25. The van der Waals surface area contributed by atoms with Crippen LogP contribution in [0.5, 0.6) is 0 Å². The summed E-state index contributed by atoms with van der Waals surface area (Å²) < 4.78 is 3.83. The lowest BCUT2D eigenvalue weighted by molar-refractivity contribution is 1.74. The molecule has 0 unspecified atom stereocenters. The molecule has 2 aromatic carbocycles. The molecular weight excluding hydrogens is 424 g/mol. The smallest absolute Gasteiger partial charge is 0.129 e. The molecule has 126 valence electrons. The fraction of sp³-hybridized carbons (Fsp3) is 0.143. The lowest BCUT2D eigenvalue weighted by Crippen LogP contribution is -2.16. The van der Waals surface area contributed by atoms with Gasteiger partial charge in [0.15, 0.2) is 0 Å². The molecule has 0 nitrogen and oxygen atoms in total. The van der Waals surface area contributed by atoms with Gasteiger partial charge in [-0.1, -0.05) is 53.6 Å². The van der Waals surface area contributed by atoms with Crippen molar-refractivity contribution in [3.8, 4) is 11.5 Å². The number of halogens is 1. The molecule has 0 bridgehead atoms. The van der Waals surface area contributed by atoms with Gasteiger partial charge in [-0.25, -0.2) is 0 Å². The number of rotatable bonds is 0. The van der Waals surface area contributed by atoms with Crippen molar-refractivity contribution in [1.29, 1.82) is 0 Å². The third-order valence-corrected chi connectivity index (χ3v) is 6.58. The highest BCUT2D eigenvalue weighted by Gasteiger charge is 2.07. The molecule has 0 aliphatic rings. The number of fused-ring (bicyclic) bond motifs is 2. The fourth-order valence-electron chi connectivity index (χ4n) is 2.22. The molecular formula is C21H19BrS2Si. The van der Waals surface area contributed by atoms with Crippen LogP contribution in [-0.2, 0) is 0 Å². The second kappa shape index (κ2) is 7.88. The normalized spacial score (nSPS) is 10.9. The summed E-state index contributed by atoms with van der Waals surface area (Å²) in [6.07, 6.45) is 0. The van der Waals surface area contributed by atoms with Crippen molar-refractivity contribution in [1.82, 2.24) is 0 Å². The second-order valence-electron chi connectivity index (χ2n) is 6.78. The summed E-state index contributed by atoms with van der Waals surface area (Å²) in [4.78, 5) is 0. The van der Waals surface area contributed by atoms with Gasteiger partial charge in [-0.2, -0.15) is 0 Å². The van der Waals surface area contributed by atoms with E-state index in [-0.39, 0.29) is 0 Å². The van der Waals surface area contributed by atoms with Crippen LogP contribution in [0.3, 0.4) is 0 Å². The number of thiophene rings is 2. The summed E-state index contributed by atoms with van der Waals surface area (Å²) in [7, 11) is -1.25. The largest absolute Gasteiger partial charge is 0.144 e. The molecule has 4 heteroatoms. The third-order valence-electron chi connectivity index (χ3n) is 3.46. The summed E-state index contributed by atoms with van der Waals surface area (Å²) in [5, 5.41) is 6.88. The zero-order chi connectivity index (χ0) is 17.9. The average molecular weight is 444 g/mol. The Morgan fingerprint density at radius 1 is 0.800 bits per heavy atom. The van der Waals surface area contributed by atoms with E-state index in [0.29, 0.717) is 0 Å². The molecule has 4 aromatic rings. The van der Waals surface area contributed by atoms with Gasteiger partial charge in [-0.05, 0) is 57.9 Å². The standard InChI is InChI=1S/C13H14SSi.C8H5BrS/c1-15(2,3)9-7-11-4-5-12-6-8-14-13(12)10-11;9-7-2-1-6-3-4-10-8(6)5-7/h4-6,8,10H,1-3H3;1-5H. The Balaban J connectivity index is 0.000000157. The lowest BCUT2D eigenvalue weighted by atomic mass is 10.2. The predicted molar refractivity (Wildman–Crippen MR) is 122 cm³/mol. The van der Waals surface area contributed by atoms with Gasteiger partial charge in [0.1, 0.15) is 8.07 Å². The van der Waals surface area contributed by atoms with E-state index in [1.54, 1.807) is 22.7 Å². The maximum absolute atomic E-state index is 3.42. The molecule has 0 spiro atoms. The van der Waals surface area contributed by atoms with Gasteiger partial charge in [0, 0.05) is 19.4 Å². The third kappa shape index (κ3) is 5.29. The lowest BCUT2D eigenvalue weighted by Gasteiger charge is -2.03. The van der Waals surface area contributed by atoms with Crippen LogP contribution in [0.25, 0.3) is 20.2 Å². The van der Waals surface area contributed by atoms with Crippen LogP contribution in [0, 0.1) is 11.5 Å². The van der Waals surface area contributed by atoms with Crippen LogP contribution < -0.4 is 0 Å². The molecule has 0 aliphatic carbocycles. The van der Waals surface area contributed by atoms with Gasteiger partial charge in [0.25, 0.3) is 0 Å². The quantitative estimate of drug-likeness (QED) is 0.192. The number of benzene rings is 2. The van der Waals surface area contributed by atoms with Gasteiger partial charge in [-0.3, -0.25) is 0 Å². The zero-order valence-electron chi connectivity index (χ0n) is 14.5. The molecule has 0 atom stereocenters. The van der Waals surface area contributed by atoms with Gasteiger partial charge in [0.05, 0.1) is 0 Å². The van der Waals surface area contributed by atoms with Crippen molar-refractivity contribution in [3.05, 3.63) is 69.3 Å². The van der Waals surface area contributed by atoms with Crippen LogP contribution >= 0.6 is 38.6 Å². The van der Waals surface area contributed by atoms with E-state index in [1.165, 1.54) is 20.2 Å². The van der Waals surface area contributed by atoms with Gasteiger partial charge in [0.2, 0.25) is 0 Å². The van der Waals surface area contributed by atoms with E-state index in [9.17, 15) is 0 Å². The van der Waals surface area contributed by atoms with E-state index in [0.717, 1.165) is 10.0 Å². The maximum atomic E-state index is 3.42. The highest BCUT2D eigenvalue weighted by molar-refractivity contribution is 9.10. The molecule has 4 rings (SSSR count). The molecule has 0 radical (unpaired) electrons. The zero-order valence-corrected chi connectivity index (χ0v) is 18.7. The Hall–Kier alpha value is -1.38. The summed E-state index contributed by atoms with van der Waals surface area (Å²) >= 11 is 6.97. The van der Waals surface area contributed by atoms with Crippen molar-refractivity contribution < 1.29 is 0 Å². The van der Waals surface area contributed by atoms with Crippen molar-refractivity contribution >= 4 is 66.8 Å². The van der Waals surface area contributed by atoms with Crippen molar-refractivity contribution in [2.24, 2.45) is 0 Å². The molecule has 2 heterocycles. The maximum Gasteiger partial charge on any atom is 0.129 e. The van der Waals surface area contributed by atoms with E-state index < -0.39 is 8.07 Å². The Kier molecular flexibility index (Phi) is 5.80. The van der Waals surface area contributed by atoms with Crippen LogP contribution in [0.2, 0.25) is 19.6 Å². The van der Waals surface area contributed by atoms with E-state index >= 15 is 0 Å². The number of hydrogen-bond acceptors (Lipinski definition) is 2. The van der Waals surface area contributed by atoms with Gasteiger partial charge < -0.3 is 0 Å². The Morgan fingerprint density at radius 2 is 1.40 bits per heavy atom. The first-order valence-corrected chi connectivity index (χ1v) is 14.1. The van der Waals surface area contributed by atoms with Crippen LogP contribution in [0.1, 0.15) is 5.56 Å². The highest BCUT2D eigenvalue weighted by atomic mass is 79.9. The first-order valence-electron chi connectivity index (χ1n) is 8.04. The topological polar surface area (TPSA) is 0 Å². The SMILES string of the molecule is Brc1ccc2ccsc2c1.C[Si](C)(C)C#Cc1ccc2ccsc2c1. The fourth-order valence-corrected chi connectivity index (χ4v) is 4.91. The Bertz CT molecular complexity index is 1060. The first-order chi connectivity index (χ1) is 11.9. The van der Waals surface area contributed by atoms with E-state index in [2.05, 4.69) is 106 Å². The number of hydrogen-bond donors (Lipinski definition) is 0. The molecule has 2 aromatic heterocycles. The molecule has 0 fully saturated rings. The minimum absolute atomic E-state index is 1.15. The summed E-state index contributed by atoms with van der Waals surface area (Å²) in [5.41, 5.74) is 4.53. The first kappa shape index (κ1) is 18.4. The minimum Gasteiger partial charge on any atom is -0.144 e. The monoisotopic (exact) mass is 442 g/mol. The Labute approximate surface area is 166 Å². The van der Waals surface area contributed by atoms with Crippen LogP contribution in [0.4, 0.5) is 0 Å². The predicted octanol–water partition coefficient (Wildman–Crippen LogP) is 7.79. The molecule has 0 saturated carbocycles. The van der Waals surface area contributed by atoms with Crippen molar-refractivity contribution in [2.75, 3.05) is 0 Å². The summed E-state index contributed by atoms with van der Waals surface area (Å²) in [6.45, 7) is 6.80. The van der Waals surface area contributed by atoms with Gasteiger partial charge >= 0.3 is 0 Å². The summed E-state index contributed by atoms with van der Waals surface area (Å²) in [6, 6.07) is 17.1. The van der Waals surface area contributed by atoms with Crippen LogP contribution in [0.15, 0.2) is 63.8 Å². The van der Waals surface area contributed by atoms with Crippen molar-refractivity contribution in [3.63, 3.8) is 0 Å². The molecule has 0 aliphatic heterocycles. The van der Waals surface area contributed by atoms with E-state index in [4.69, 9.17) is 0 Å².